The van der Waals surface area contributed by atoms with E-state index in [0.717, 1.165) is 5.56 Å². The van der Waals surface area contributed by atoms with E-state index in [1.165, 1.54) is 12.4 Å². The van der Waals surface area contributed by atoms with Gasteiger partial charge in [-0.05, 0) is 24.1 Å². The summed E-state index contributed by atoms with van der Waals surface area (Å²) in [5, 5.41) is 13.9. The van der Waals surface area contributed by atoms with Crippen LogP contribution in [0.25, 0.3) is 11.4 Å². The molecule has 12 heteroatoms. The fourth-order valence-corrected chi connectivity index (χ4v) is 3.58. The molecule has 0 saturated carbocycles. The second-order valence-electron chi connectivity index (χ2n) is 9.72. The van der Waals surface area contributed by atoms with Crippen LogP contribution < -0.4 is 10.6 Å². The topological polar surface area (TPSA) is 137 Å². The largest absolute Gasteiger partial charge is 0.345 e. The number of nitrogens with zero attached hydrogens (tertiary/aromatic N) is 7. The third kappa shape index (κ3) is 6.64. The van der Waals surface area contributed by atoms with Crippen LogP contribution >= 0.6 is 0 Å². The SMILES string of the molecule is C/C=C/C(F)Cc1cc(-c2ncnc(Nc3ccn(C)n3)n2)ccc1CNC(=O)c1noc(C(C)(C)C)n1. The molecule has 0 radical (unpaired) electrons. The molecule has 2 N–H and O–H groups in total. The highest BCUT2D eigenvalue weighted by Gasteiger charge is 2.24. The van der Waals surface area contributed by atoms with Crippen LogP contribution in [0.5, 0.6) is 0 Å². The molecule has 1 amide bonds. The predicted molar refractivity (Wildman–Crippen MR) is 139 cm³/mol. The van der Waals surface area contributed by atoms with Crippen molar-refractivity contribution in [1.82, 2.24) is 40.2 Å². The van der Waals surface area contributed by atoms with E-state index in [2.05, 4.69) is 40.8 Å². The molecule has 4 rings (SSSR count). The van der Waals surface area contributed by atoms with Crippen LogP contribution in [0.4, 0.5) is 16.2 Å². The predicted octanol–water partition coefficient (Wildman–Crippen LogP) is 4.08. The van der Waals surface area contributed by atoms with Crippen molar-refractivity contribution in [3.8, 4) is 11.4 Å². The van der Waals surface area contributed by atoms with Gasteiger partial charge in [-0.3, -0.25) is 9.48 Å². The molecule has 1 atom stereocenters. The van der Waals surface area contributed by atoms with Crippen molar-refractivity contribution in [3.63, 3.8) is 0 Å². The van der Waals surface area contributed by atoms with Gasteiger partial charge in [0.15, 0.2) is 11.6 Å². The van der Waals surface area contributed by atoms with Crippen LogP contribution in [0.1, 0.15) is 55.3 Å². The van der Waals surface area contributed by atoms with E-state index in [1.807, 2.05) is 46.0 Å². The molecule has 38 heavy (non-hydrogen) atoms. The highest BCUT2D eigenvalue weighted by molar-refractivity contribution is 5.90. The van der Waals surface area contributed by atoms with Crippen molar-refractivity contribution in [1.29, 1.82) is 0 Å². The summed E-state index contributed by atoms with van der Waals surface area (Å²) in [7, 11) is 1.81. The molecular formula is C26H30FN9O2. The Labute approximate surface area is 219 Å². The third-order valence-electron chi connectivity index (χ3n) is 5.52. The smallest absolute Gasteiger partial charge is 0.292 e. The van der Waals surface area contributed by atoms with Gasteiger partial charge in [0.1, 0.15) is 12.5 Å². The number of anilines is 2. The number of nitrogens with one attached hydrogen (secondary N) is 2. The van der Waals surface area contributed by atoms with Gasteiger partial charge in [-0.1, -0.05) is 50.2 Å². The van der Waals surface area contributed by atoms with E-state index in [1.54, 1.807) is 29.9 Å². The lowest BCUT2D eigenvalue weighted by Crippen LogP contribution is -2.25. The molecule has 3 aromatic heterocycles. The Kier molecular flexibility index (Phi) is 7.89. The standard InChI is InChI=1S/C26H30FN9O2/c1-6-7-19(27)13-18-12-16(21-29-15-30-25(33-21)31-20-10-11-36(5)34-20)8-9-17(18)14-28-23(37)22-32-24(38-35-22)26(2,3)4/h6-12,15,19H,13-14H2,1-5H3,(H,28,37)(H,29,30,31,33,34)/b7-6+. The summed E-state index contributed by atoms with van der Waals surface area (Å²) in [6, 6.07) is 7.26. The lowest BCUT2D eigenvalue weighted by atomic mass is 9.97. The quantitative estimate of drug-likeness (QED) is 0.313. The zero-order valence-electron chi connectivity index (χ0n) is 21.9. The van der Waals surface area contributed by atoms with Crippen LogP contribution in [-0.4, -0.2) is 47.0 Å². The Bertz CT molecular complexity index is 1440. The third-order valence-corrected chi connectivity index (χ3v) is 5.52. The van der Waals surface area contributed by atoms with Crippen molar-refractivity contribution in [2.24, 2.45) is 7.05 Å². The normalized spacial score (nSPS) is 12.6. The highest BCUT2D eigenvalue weighted by Crippen LogP contribution is 2.23. The minimum Gasteiger partial charge on any atom is -0.345 e. The van der Waals surface area contributed by atoms with Gasteiger partial charge in [-0.15, -0.1) is 0 Å². The van der Waals surface area contributed by atoms with Gasteiger partial charge in [-0.2, -0.15) is 15.1 Å². The molecule has 11 nitrogen and oxygen atoms in total. The average molecular weight is 520 g/mol. The molecule has 1 unspecified atom stereocenters. The maximum atomic E-state index is 14.6. The summed E-state index contributed by atoms with van der Waals surface area (Å²) in [6.45, 7) is 7.66. The first kappa shape index (κ1) is 26.6. The monoisotopic (exact) mass is 519 g/mol. The molecular weight excluding hydrogens is 489 g/mol. The van der Waals surface area contributed by atoms with Gasteiger partial charge in [0.05, 0.1) is 0 Å². The number of aromatic nitrogens is 7. The molecule has 3 heterocycles. The lowest BCUT2D eigenvalue weighted by Gasteiger charge is -2.13. The summed E-state index contributed by atoms with van der Waals surface area (Å²) in [5.74, 6) is 1.18. The maximum Gasteiger partial charge on any atom is 0.292 e. The number of carbonyl (C=O) groups is 1. The van der Waals surface area contributed by atoms with E-state index < -0.39 is 12.1 Å². The Hall–Kier alpha value is -4.48. The lowest BCUT2D eigenvalue weighted by molar-refractivity contribution is 0.0937. The van der Waals surface area contributed by atoms with Crippen LogP contribution in [0, 0.1) is 0 Å². The average Bonchev–Trinajstić information content (AvgIpc) is 3.53. The fourth-order valence-electron chi connectivity index (χ4n) is 3.58. The van der Waals surface area contributed by atoms with E-state index in [9.17, 15) is 9.18 Å². The minimum atomic E-state index is -1.20. The number of hydrogen-bond acceptors (Lipinski definition) is 9. The number of benzene rings is 1. The molecule has 0 aliphatic rings. The zero-order valence-corrected chi connectivity index (χ0v) is 21.9. The Morgan fingerprint density at radius 3 is 2.68 bits per heavy atom. The van der Waals surface area contributed by atoms with Crippen LogP contribution in [0.3, 0.4) is 0 Å². The number of halogens is 1. The summed E-state index contributed by atoms with van der Waals surface area (Å²) in [4.78, 5) is 29.8. The molecule has 0 saturated heterocycles. The highest BCUT2D eigenvalue weighted by atomic mass is 19.1. The molecule has 0 aliphatic heterocycles. The maximum absolute atomic E-state index is 14.6. The van der Waals surface area contributed by atoms with Gasteiger partial charge in [-0.25, -0.2) is 14.4 Å². The van der Waals surface area contributed by atoms with Crippen molar-refractivity contribution in [2.45, 2.75) is 52.2 Å². The first-order chi connectivity index (χ1) is 18.1. The van der Waals surface area contributed by atoms with Crippen molar-refractivity contribution in [2.75, 3.05) is 5.32 Å². The zero-order chi connectivity index (χ0) is 27.3. The Morgan fingerprint density at radius 1 is 1.18 bits per heavy atom. The van der Waals surface area contributed by atoms with Gasteiger partial charge in [0.25, 0.3) is 11.7 Å². The van der Waals surface area contributed by atoms with Gasteiger partial charge in [0, 0.05) is 43.3 Å². The van der Waals surface area contributed by atoms with Crippen LogP contribution in [0.2, 0.25) is 0 Å². The number of allylic oxidation sites excluding steroid dienone is 2. The number of carbonyl (C=O) groups excluding carboxylic acids is 1. The number of aryl methyl sites for hydroxylation is 1. The van der Waals surface area contributed by atoms with Crippen molar-refractivity contribution < 1.29 is 13.7 Å². The van der Waals surface area contributed by atoms with Gasteiger partial charge >= 0.3 is 0 Å². The van der Waals surface area contributed by atoms with Gasteiger partial charge in [0.2, 0.25) is 11.8 Å². The molecule has 0 bridgehead atoms. The molecule has 0 fully saturated rings. The summed E-state index contributed by atoms with van der Waals surface area (Å²) >= 11 is 0. The minimum absolute atomic E-state index is 0.0523. The summed E-state index contributed by atoms with van der Waals surface area (Å²) in [6.07, 6.45) is 5.27. The van der Waals surface area contributed by atoms with E-state index in [-0.39, 0.29) is 24.2 Å². The summed E-state index contributed by atoms with van der Waals surface area (Å²) in [5.41, 5.74) is 1.76. The molecule has 1 aromatic carbocycles. The first-order valence-corrected chi connectivity index (χ1v) is 12.1. The number of alkyl halides is 1. The van der Waals surface area contributed by atoms with E-state index in [4.69, 9.17) is 4.52 Å². The Balaban J connectivity index is 1.55. The number of hydrogen-bond donors (Lipinski definition) is 2. The van der Waals surface area contributed by atoms with Crippen LogP contribution in [-0.2, 0) is 25.4 Å². The fraction of sp³-hybridized carbons (Fsp3) is 0.346. The first-order valence-electron chi connectivity index (χ1n) is 12.1. The molecule has 0 aliphatic carbocycles. The second kappa shape index (κ2) is 11.3. The van der Waals surface area contributed by atoms with E-state index in [0.29, 0.717) is 34.6 Å². The second-order valence-corrected chi connectivity index (χ2v) is 9.72. The van der Waals surface area contributed by atoms with Crippen molar-refractivity contribution >= 4 is 17.7 Å². The summed E-state index contributed by atoms with van der Waals surface area (Å²) < 4.78 is 21.5. The van der Waals surface area contributed by atoms with Crippen LogP contribution in [0.15, 0.2) is 53.5 Å². The number of rotatable bonds is 9. The molecule has 0 spiro atoms. The Morgan fingerprint density at radius 2 is 2.00 bits per heavy atom. The van der Waals surface area contributed by atoms with Crippen molar-refractivity contribution in [3.05, 3.63) is 71.8 Å². The molecule has 198 valence electrons. The van der Waals surface area contributed by atoms with E-state index >= 15 is 0 Å². The van der Waals surface area contributed by atoms with Gasteiger partial charge < -0.3 is 15.2 Å². The number of amides is 1. The molecule has 4 aromatic rings.